The van der Waals surface area contributed by atoms with E-state index in [1.165, 1.54) is 59.2 Å². The van der Waals surface area contributed by atoms with E-state index in [9.17, 15) is 0 Å². The largest absolute Gasteiger partial charge is 0.256 e. The highest BCUT2D eigenvalue weighted by atomic mass is 14.9. The summed E-state index contributed by atoms with van der Waals surface area (Å²) in [6, 6.07) is 152. The number of benzene rings is 18. The Morgan fingerprint density at radius 2 is 0.413 bits per heavy atom. The molecular weight excluding hydrogens is 1530 g/mol. The van der Waals surface area contributed by atoms with Crippen LogP contribution in [0.15, 0.2) is 455 Å². The van der Waals surface area contributed by atoms with E-state index in [4.69, 9.17) is 34.9 Å². The SMILES string of the molecule is c1ccc(-c2cc(-c3ccc(-c4cccc5cccnc45)cc3)nc(-c3ccccc3)n2)cc1.c1ccc2cc(-c3cc(-c4ccc(-c5cccc6cccnc56)cc4)nc(-c4ccc5ccccc5c4)n3)ccc2c1.c1cnc2c(-c3ccc(-c4cc(-c5cc6ccccc6c6ccccc56)nc(-c5cc6ccccc6c6ccccc56)n4)cc3)cccc2c1. The predicted molar refractivity (Wildman–Crippen MR) is 522 cm³/mol. The summed E-state index contributed by atoms with van der Waals surface area (Å²) in [7, 11) is 0. The zero-order valence-corrected chi connectivity index (χ0v) is 68.3. The molecule has 24 aromatic rings. The third kappa shape index (κ3) is 14.9. The maximum Gasteiger partial charge on any atom is 0.161 e. The monoisotopic (exact) mass is 1610 g/mol. The molecule has 0 saturated heterocycles. The number of fused-ring (bicyclic) bond motifs is 11. The van der Waals surface area contributed by atoms with Crippen molar-refractivity contribution in [1.29, 1.82) is 0 Å². The van der Waals surface area contributed by atoms with Crippen molar-refractivity contribution in [2.24, 2.45) is 0 Å². The molecule has 9 nitrogen and oxygen atoms in total. The smallest absolute Gasteiger partial charge is 0.161 e. The maximum atomic E-state index is 5.39. The zero-order chi connectivity index (χ0) is 83.6. The van der Waals surface area contributed by atoms with Crippen molar-refractivity contribution in [1.82, 2.24) is 44.9 Å². The third-order valence-corrected chi connectivity index (χ3v) is 23.8. The van der Waals surface area contributed by atoms with Gasteiger partial charge in [-0.15, -0.1) is 0 Å². The zero-order valence-electron chi connectivity index (χ0n) is 68.3. The molecule has 0 aliphatic rings. The molecule has 0 spiro atoms. The highest BCUT2D eigenvalue weighted by Gasteiger charge is 2.21. The van der Waals surface area contributed by atoms with Crippen molar-refractivity contribution < 1.29 is 0 Å². The average Bonchev–Trinajstić information content (AvgIpc) is 0.742. The third-order valence-electron chi connectivity index (χ3n) is 23.8. The normalized spacial score (nSPS) is 11.3. The van der Waals surface area contributed by atoms with Crippen LogP contribution >= 0.6 is 0 Å². The van der Waals surface area contributed by atoms with Gasteiger partial charge in [-0.25, -0.2) is 29.9 Å². The van der Waals surface area contributed by atoms with Crippen LogP contribution in [0.1, 0.15) is 0 Å². The Kier molecular flexibility index (Phi) is 19.8. The number of pyridine rings is 3. The van der Waals surface area contributed by atoms with E-state index in [2.05, 4.69) is 380 Å². The van der Waals surface area contributed by atoms with E-state index in [0.717, 1.165) is 162 Å². The number of para-hydroxylation sites is 3. The van der Waals surface area contributed by atoms with Gasteiger partial charge in [0, 0.05) is 102 Å². The van der Waals surface area contributed by atoms with Crippen LogP contribution < -0.4 is 0 Å². The second-order valence-corrected chi connectivity index (χ2v) is 31.5. The summed E-state index contributed by atoms with van der Waals surface area (Å²) in [5.74, 6) is 2.14. The summed E-state index contributed by atoms with van der Waals surface area (Å²) in [6.07, 6.45) is 5.55. The van der Waals surface area contributed by atoms with Crippen molar-refractivity contribution in [3.05, 3.63) is 455 Å². The van der Waals surface area contributed by atoms with Gasteiger partial charge in [-0.3, -0.25) is 15.0 Å². The van der Waals surface area contributed by atoms with Gasteiger partial charge in [0.15, 0.2) is 17.5 Å². The molecule has 9 heteroatoms. The van der Waals surface area contributed by atoms with Crippen LogP contribution in [0.2, 0.25) is 0 Å². The minimum atomic E-state index is 0.707. The fourth-order valence-electron chi connectivity index (χ4n) is 17.4. The average molecular weight is 1610 g/mol. The molecule has 18 aromatic carbocycles. The Hall–Kier alpha value is -17.0. The molecule has 24 rings (SSSR count). The van der Waals surface area contributed by atoms with E-state index < -0.39 is 0 Å². The highest BCUT2D eigenvalue weighted by molar-refractivity contribution is 6.15. The van der Waals surface area contributed by atoms with E-state index >= 15 is 0 Å². The molecule has 0 radical (unpaired) electrons. The Bertz CT molecular complexity index is 7960. The first-order valence-electron chi connectivity index (χ1n) is 42.3. The fraction of sp³-hybridized carbons (Fsp3) is 0. The Morgan fingerprint density at radius 3 is 0.865 bits per heavy atom. The topological polar surface area (TPSA) is 116 Å². The van der Waals surface area contributed by atoms with Crippen molar-refractivity contribution in [2.75, 3.05) is 0 Å². The second kappa shape index (κ2) is 33.2. The number of nitrogens with zero attached hydrogens (tertiary/aromatic N) is 9. The minimum absolute atomic E-state index is 0.707. The van der Waals surface area contributed by atoms with Gasteiger partial charge in [0.25, 0.3) is 0 Å². The Morgan fingerprint density at radius 1 is 0.127 bits per heavy atom. The summed E-state index contributed by atoms with van der Waals surface area (Å²) in [5, 5.41) is 17.7. The number of hydrogen-bond acceptors (Lipinski definition) is 9. The summed E-state index contributed by atoms with van der Waals surface area (Å²) >= 11 is 0. The molecular formula is C117H75N9. The first-order valence-corrected chi connectivity index (χ1v) is 42.3. The van der Waals surface area contributed by atoms with Gasteiger partial charge in [0.1, 0.15) is 0 Å². The molecule has 0 unspecified atom stereocenters. The van der Waals surface area contributed by atoms with Gasteiger partial charge >= 0.3 is 0 Å². The van der Waals surface area contributed by atoms with Gasteiger partial charge in [0.05, 0.1) is 50.7 Å². The standard InChI is InChI=1S/C47H29N3.C39H25N3.C31H21N3/c1-3-15-35-33(11-1)27-42(40-19-7-5-17-38(35)40)45-29-44(31-24-22-30(23-25-31)37-21-9-13-32-14-10-26-48-46(32)37)49-47(50-45)43-28-34-12-2-4-16-36(34)39-18-6-8-20-41(39)43;1-3-9-31-23-33(20-14-26(31)7-1)37-25-36(41-39(42-37)34-21-15-27-8-2-4-10-32(27)24-34)29-18-16-28(17-19-29)35-13-5-11-30-12-6-22-40-38(30)35;1-3-9-23(10-4-1)28-21-29(34-31(33-28)26-11-5-2-6-12-26)24-18-16-22(17-19-24)27-15-7-13-25-14-8-20-32-30(25)27/h1-29H;1-25H;1-21H. The van der Waals surface area contributed by atoms with Gasteiger partial charge in [-0.2, -0.15) is 0 Å². The molecule has 0 atom stereocenters. The first kappa shape index (κ1) is 75.2. The summed E-state index contributed by atoms with van der Waals surface area (Å²) < 4.78 is 0. The first-order chi connectivity index (χ1) is 62.4. The summed E-state index contributed by atoms with van der Waals surface area (Å²) in [4.78, 5) is 44.7. The van der Waals surface area contributed by atoms with E-state index in [1.807, 2.05) is 85.3 Å². The number of rotatable bonds is 12. The van der Waals surface area contributed by atoms with Gasteiger partial charge in [-0.05, 0) is 142 Å². The van der Waals surface area contributed by atoms with Gasteiger partial charge < -0.3 is 0 Å². The minimum Gasteiger partial charge on any atom is -0.256 e. The number of aromatic nitrogens is 9. The quantitative estimate of drug-likeness (QED) is 0.110. The molecule has 126 heavy (non-hydrogen) atoms. The lowest BCUT2D eigenvalue weighted by Gasteiger charge is -2.15. The molecule has 0 N–H and O–H groups in total. The second-order valence-electron chi connectivity index (χ2n) is 31.5. The molecule has 6 heterocycles. The lowest BCUT2D eigenvalue weighted by atomic mass is 9.94. The molecule has 588 valence electrons. The molecule has 0 amide bonds. The predicted octanol–water partition coefficient (Wildman–Crippen LogP) is 30.0. The molecule has 0 aliphatic carbocycles. The Labute approximate surface area is 727 Å². The number of hydrogen-bond donors (Lipinski definition) is 0. The Balaban J connectivity index is 0.000000114. The van der Waals surface area contributed by atoms with E-state index in [0.29, 0.717) is 11.6 Å². The van der Waals surface area contributed by atoms with E-state index in [-0.39, 0.29) is 0 Å². The van der Waals surface area contributed by atoms with Crippen LogP contribution in [-0.2, 0) is 0 Å². The van der Waals surface area contributed by atoms with Crippen LogP contribution in [0.25, 0.3) is 232 Å². The van der Waals surface area contributed by atoms with Crippen LogP contribution in [0.4, 0.5) is 0 Å². The molecule has 0 aliphatic heterocycles. The van der Waals surface area contributed by atoms with Crippen LogP contribution in [0, 0.1) is 0 Å². The van der Waals surface area contributed by atoms with Gasteiger partial charge in [0.2, 0.25) is 0 Å². The van der Waals surface area contributed by atoms with Crippen LogP contribution in [0.3, 0.4) is 0 Å². The lowest BCUT2D eigenvalue weighted by molar-refractivity contribution is 1.18. The molecule has 0 fully saturated rings. The van der Waals surface area contributed by atoms with E-state index in [1.54, 1.807) is 0 Å². The maximum absolute atomic E-state index is 5.39. The fourth-order valence-corrected chi connectivity index (χ4v) is 17.4. The van der Waals surface area contributed by atoms with Gasteiger partial charge in [-0.1, -0.05) is 376 Å². The summed E-state index contributed by atoms with van der Waals surface area (Å²) in [5.41, 5.74) is 24.5. The highest BCUT2D eigenvalue weighted by Crippen LogP contribution is 2.42. The molecule has 6 aromatic heterocycles. The van der Waals surface area contributed by atoms with Crippen molar-refractivity contribution in [3.63, 3.8) is 0 Å². The molecule has 0 bridgehead atoms. The van der Waals surface area contributed by atoms with Crippen molar-refractivity contribution >= 4 is 97.3 Å². The molecule has 0 saturated carbocycles. The van der Waals surface area contributed by atoms with Crippen molar-refractivity contribution in [3.8, 4) is 135 Å². The lowest BCUT2D eigenvalue weighted by Crippen LogP contribution is -1.98. The van der Waals surface area contributed by atoms with Crippen molar-refractivity contribution in [2.45, 2.75) is 0 Å². The summed E-state index contributed by atoms with van der Waals surface area (Å²) in [6.45, 7) is 0. The van der Waals surface area contributed by atoms with Crippen LogP contribution in [0.5, 0.6) is 0 Å². The van der Waals surface area contributed by atoms with Crippen LogP contribution in [-0.4, -0.2) is 44.9 Å².